The van der Waals surface area contributed by atoms with Crippen molar-refractivity contribution in [2.45, 2.75) is 13.5 Å². The van der Waals surface area contributed by atoms with Crippen LogP contribution in [0.3, 0.4) is 0 Å². The highest BCUT2D eigenvalue weighted by Gasteiger charge is 2.10. The van der Waals surface area contributed by atoms with Crippen molar-refractivity contribution in [3.05, 3.63) is 42.0 Å². The minimum atomic E-state index is -0.218. The molecule has 2 heterocycles. The second-order valence-corrected chi connectivity index (χ2v) is 4.10. The van der Waals surface area contributed by atoms with Crippen LogP contribution < -0.4 is 16.6 Å². The number of nitrogens with one attached hydrogen (secondary N) is 2. The van der Waals surface area contributed by atoms with Crippen LogP contribution in [-0.2, 0) is 6.54 Å². The van der Waals surface area contributed by atoms with Gasteiger partial charge in [-0.1, -0.05) is 0 Å². The summed E-state index contributed by atoms with van der Waals surface area (Å²) in [6, 6.07) is 1.64. The predicted octanol–water partition coefficient (Wildman–Crippen LogP) is 0.302. The van der Waals surface area contributed by atoms with Crippen molar-refractivity contribution in [3.63, 3.8) is 0 Å². The zero-order valence-corrected chi connectivity index (χ0v) is 10.6. The minimum Gasteiger partial charge on any atom is -0.350 e. The van der Waals surface area contributed by atoms with E-state index in [1.54, 1.807) is 23.1 Å². The molecule has 4 N–H and O–H groups in total. The Morgan fingerprint density at radius 1 is 1.47 bits per heavy atom. The van der Waals surface area contributed by atoms with Crippen LogP contribution in [0.5, 0.6) is 0 Å². The molecule has 0 aliphatic rings. The molecule has 0 aliphatic heterocycles. The van der Waals surface area contributed by atoms with E-state index in [2.05, 4.69) is 20.8 Å². The summed E-state index contributed by atoms with van der Waals surface area (Å²) in [6.07, 6.45) is 6.74. The number of hydrogen-bond donors (Lipinski definition) is 3. The van der Waals surface area contributed by atoms with Crippen LogP contribution in [0.15, 0.2) is 30.9 Å². The highest BCUT2D eigenvalue weighted by atomic mass is 16.1. The molecule has 7 nitrogen and oxygen atoms in total. The molecule has 2 aromatic heterocycles. The van der Waals surface area contributed by atoms with Gasteiger partial charge in [-0.25, -0.2) is 0 Å². The average Bonchev–Trinajstić information content (AvgIpc) is 2.84. The molecular weight excluding hydrogens is 244 g/mol. The van der Waals surface area contributed by atoms with Gasteiger partial charge in [0.05, 0.1) is 24.0 Å². The number of hydrogen-bond acceptors (Lipinski definition) is 5. The van der Waals surface area contributed by atoms with Crippen molar-refractivity contribution >= 4 is 11.6 Å². The van der Waals surface area contributed by atoms with E-state index in [0.29, 0.717) is 24.3 Å². The summed E-state index contributed by atoms with van der Waals surface area (Å²) in [5.41, 5.74) is 4.52. The van der Waals surface area contributed by atoms with Crippen molar-refractivity contribution in [1.82, 2.24) is 20.1 Å². The van der Waals surface area contributed by atoms with Crippen molar-refractivity contribution in [3.8, 4) is 0 Å². The monoisotopic (exact) mass is 260 g/mol. The van der Waals surface area contributed by atoms with E-state index in [1.165, 1.54) is 6.20 Å². The Kier molecular flexibility index (Phi) is 4.09. The number of rotatable bonds is 5. The first-order valence-corrected chi connectivity index (χ1v) is 5.88. The third-order valence-electron chi connectivity index (χ3n) is 2.61. The Morgan fingerprint density at radius 3 is 3.00 bits per heavy atom. The lowest BCUT2D eigenvalue weighted by molar-refractivity contribution is 0.0952. The van der Waals surface area contributed by atoms with Crippen molar-refractivity contribution in [1.29, 1.82) is 0 Å². The summed E-state index contributed by atoms with van der Waals surface area (Å²) in [5, 5.41) is 6.94. The first-order valence-electron chi connectivity index (χ1n) is 5.88. The second-order valence-electron chi connectivity index (χ2n) is 4.10. The van der Waals surface area contributed by atoms with Crippen molar-refractivity contribution < 1.29 is 4.79 Å². The molecule has 0 saturated heterocycles. The first kappa shape index (κ1) is 13.0. The number of amides is 1. The molecule has 0 spiro atoms. The number of aromatic nitrogens is 3. The van der Waals surface area contributed by atoms with Crippen LogP contribution in [0, 0.1) is 6.92 Å². The molecule has 2 aromatic rings. The maximum Gasteiger partial charge on any atom is 0.255 e. The van der Waals surface area contributed by atoms with Gasteiger partial charge in [0.2, 0.25) is 0 Å². The Labute approximate surface area is 110 Å². The van der Waals surface area contributed by atoms with Crippen LogP contribution in [0.2, 0.25) is 0 Å². The van der Waals surface area contributed by atoms with E-state index in [9.17, 15) is 4.79 Å². The largest absolute Gasteiger partial charge is 0.350 e. The number of hydrazine groups is 1. The number of nitrogen functional groups attached to an aromatic ring is 1. The quantitative estimate of drug-likeness (QED) is 0.530. The molecule has 0 aliphatic carbocycles. The average molecular weight is 260 g/mol. The molecule has 0 unspecified atom stereocenters. The Balaban J connectivity index is 1.90. The zero-order chi connectivity index (χ0) is 13.7. The maximum absolute atomic E-state index is 11.9. The summed E-state index contributed by atoms with van der Waals surface area (Å²) in [4.78, 5) is 15.9. The molecule has 0 atom stereocenters. The highest BCUT2D eigenvalue weighted by molar-refractivity contribution is 5.99. The SMILES string of the molecule is Cc1cnn(CCNC(=O)c2cnccc2NN)c1. The van der Waals surface area contributed by atoms with E-state index in [1.807, 2.05) is 13.1 Å². The standard InChI is InChI=1S/C12H16N6O/c1-9-6-16-18(8-9)5-4-15-12(19)10-7-14-3-2-11(10)17-13/h2-3,6-8H,4-5,13H2,1H3,(H,14,17)(H,15,19). The van der Waals surface area contributed by atoms with Crippen LogP contribution in [0.4, 0.5) is 5.69 Å². The Hall–Kier alpha value is -2.41. The molecule has 19 heavy (non-hydrogen) atoms. The van der Waals surface area contributed by atoms with Gasteiger partial charge in [-0.3, -0.25) is 20.3 Å². The fraction of sp³-hybridized carbons (Fsp3) is 0.250. The van der Waals surface area contributed by atoms with Gasteiger partial charge in [0.15, 0.2) is 0 Å². The van der Waals surface area contributed by atoms with Gasteiger partial charge in [-0.15, -0.1) is 0 Å². The normalized spacial score (nSPS) is 10.2. The number of nitrogens with two attached hydrogens (primary N) is 1. The second kappa shape index (κ2) is 5.96. The fourth-order valence-electron chi connectivity index (χ4n) is 1.67. The summed E-state index contributed by atoms with van der Waals surface area (Å²) in [5.74, 6) is 5.12. The number of carbonyl (C=O) groups excluding carboxylic acids is 1. The Morgan fingerprint density at radius 2 is 2.32 bits per heavy atom. The number of pyridine rings is 1. The fourth-order valence-corrected chi connectivity index (χ4v) is 1.67. The van der Waals surface area contributed by atoms with Crippen LogP contribution in [0.1, 0.15) is 15.9 Å². The van der Waals surface area contributed by atoms with Gasteiger partial charge >= 0.3 is 0 Å². The minimum absolute atomic E-state index is 0.218. The third kappa shape index (κ3) is 3.29. The van der Waals surface area contributed by atoms with Gasteiger partial charge < -0.3 is 10.7 Å². The van der Waals surface area contributed by atoms with E-state index in [-0.39, 0.29) is 5.91 Å². The maximum atomic E-state index is 11.9. The van der Waals surface area contributed by atoms with E-state index >= 15 is 0 Å². The van der Waals surface area contributed by atoms with Crippen molar-refractivity contribution in [2.24, 2.45) is 5.84 Å². The lowest BCUT2D eigenvalue weighted by Gasteiger charge is -2.08. The van der Waals surface area contributed by atoms with E-state index < -0.39 is 0 Å². The number of aryl methyl sites for hydroxylation is 1. The molecule has 7 heteroatoms. The van der Waals surface area contributed by atoms with Gasteiger partial charge in [-0.2, -0.15) is 5.10 Å². The highest BCUT2D eigenvalue weighted by Crippen LogP contribution is 2.11. The molecule has 2 rings (SSSR count). The van der Waals surface area contributed by atoms with Crippen LogP contribution in [-0.4, -0.2) is 27.2 Å². The molecule has 0 aromatic carbocycles. The summed E-state index contributed by atoms with van der Waals surface area (Å²) in [6.45, 7) is 3.07. The molecule has 0 radical (unpaired) electrons. The van der Waals surface area contributed by atoms with Gasteiger partial charge in [0, 0.05) is 25.1 Å². The van der Waals surface area contributed by atoms with E-state index in [0.717, 1.165) is 5.56 Å². The number of carbonyl (C=O) groups is 1. The van der Waals surface area contributed by atoms with Gasteiger partial charge in [0.25, 0.3) is 5.91 Å². The lowest BCUT2D eigenvalue weighted by Crippen LogP contribution is -2.28. The van der Waals surface area contributed by atoms with Crippen LogP contribution >= 0.6 is 0 Å². The molecular formula is C12H16N6O. The summed E-state index contributed by atoms with van der Waals surface area (Å²) >= 11 is 0. The number of nitrogens with zero attached hydrogens (tertiary/aromatic N) is 3. The van der Waals surface area contributed by atoms with E-state index in [4.69, 9.17) is 5.84 Å². The van der Waals surface area contributed by atoms with Crippen LogP contribution in [0.25, 0.3) is 0 Å². The molecule has 100 valence electrons. The van der Waals surface area contributed by atoms with Gasteiger partial charge in [-0.05, 0) is 18.6 Å². The summed E-state index contributed by atoms with van der Waals surface area (Å²) in [7, 11) is 0. The van der Waals surface area contributed by atoms with Crippen molar-refractivity contribution in [2.75, 3.05) is 12.0 Å². The lowest BCUT2D eigenvalue weighted by atomic mass is 10.2. The molecule has 0 saturated carbocycles. The third-order valence-corrected chi connectivity index (χ3v) is 2.61. The number of anilines is 1. The summed E-state index contributed by atoms with van der Waals surface area (Å²) < 4.78 is 1.78. The smallest absolute Gasteiger partial charge is 0.255 e. The zero-order valence-electron chi connectivity index (χ0n) is 10.6. The molecule has 1 amide bonds. The first-order chi connectivity index (χ1) is 9.20. The predicted molar refractivity (Wildman–Crippen MR) is 71.3 cm³/mol. The van der Waals surface area contributed by atoms with Gasteiger partial charge in [0.1, 0.15) is 0 Å². The topological polar surface area (TPSA) is 97.9 Å². The Bertz CT molecular complexity index is 565. The molecule has 0 bridgehead atoms. The molecule has 0 fully saturated rings.